The van der Waals surface area contributed by atoms with Crippen LogP contribution in [0.25, 0.3) is 0 Å². The standard InChI is InChI=1S/C5H8O2.C3H4O2/c1-4(6)3-5(2)7;1-3(5)2-4/h3H2,1-2H3;2H,1H3. The summed E-state index contributed by atoms with van der Waals surface area (Å²) in [6.07, 6.45) is 0.361. The van der Waals surface area contributed by atoms with E-state index in [0.29, 0.717) is 0 Å². The Labute approximate surface area is 70.9 Å². The maximum atomic E-state index is 10.0. The van der Waals surface area contributed by atoms with Crippen LogP contribution in [-0.4, -0.2) is 23.6 Å². The van der Waals surface area contributed by atoms with Crippen LogP contribution in [0.1, 0.15) is 27.2 Å². The monoisotopic (exact) mass is 172 g/mol. The molecule has 0 aromatic carbocycles. The van der Waals surface area contributed by atoms with Crippen molar-refractivity contribution in [1.29, 1.82) is 0 Å². The Kier molecular flexibility index (Phi) is 8.62. The topological polar surface area (TPSA) is 68.3 Å². The van der Waals surface area contributed by atoms with Crippen molar-refractivity contribution in [2.24, 2.45) is 0 Å². The van der Waals surface area contributed by atoms with Crippen LogP contribution >= 0.6 is 0 Å². The van der Waals surface area contributed by atoms with Crippen LogP contribution in [0.4, 0.5) is 0 Å². The van der Waals surface area contributed by atoms with Crippen LogP contribution in [0.2, 0.25) is 0 Å². The summed E-state index contributed by atoms with van der Waals surface area (Å²) in [4.78, 5) is 38.7. The number of hydrogen-bond donors (Lipinski definition) is 0. The molecule has 0 spiro atoms. The highest BCUT2D eigenvalue weighted by Crippen LogP contribution is 1.80. The van der Waals surface area contributed by atoms with Crippen molar-refractivity contribution in [3.8, 4) is 0 Å². The molecule has 0 aromatic heterocycles. The van der Waals surface area contributed by atoms with Crippen LogP contribution in [-0.2, 0) is 19.2 Å². The molecule has 0 bridgehead atoms. The van der Waals surface area contributed by atoms with Crippen molar-refractivity contribution >= 4 is 23.6 Å². The van der Waals surface area contributed by atoms with E-state index in [0.717, 1.165) is 0 Å². The van der Waals surface area contributed by atoms with Gasteiger partial charge in [-0.3, -0.25) is 19.2 Å². The van der Waals surface area contributed by atoms with Gasteiger partial charge in [0.1, 0.15) is 11.6 Å². The zero-order valence-corrected chi connectivity index (χ0v) is 7.42. The van der Waals surface area contributed by atoms with Crippen molar-refractivity contribution in [3.63, 3.8) is 0 Å². The lowest BCUT2D eigenvalue weighted by Gasteiger charge is -1.81. The molecular formula is C8H12O4. The molecule has 0 fully saturated rings. The van der Waals surface area contributed by atoms with E-state index in [1.54, 1.807) is 0 Å². The number of carbonyl (C=O) groups excluding carboxylic acids is 4. The van der Waals surface area contributed by atoms with Gasteiger partial charge in [-0.25, -0.2) is 0 Å². The second-order valence-electron chi connectivity index (χ2n) is 2.31. The maximum Gasteiger partial charge on any atom is 0.192 e. The average Bonchev–Trinajstić information content (AvgIpc) is 1.85. The number of hydrogen-bond acceptors (Lipinski definition) is 4. The highest BCUT2D eigenvalue weighted by molar-refractivity contribution is 6.23. The van der Waals surface area contributed by atoms with E-state index < -0.39 is 5.78 Å². The molecule has 0 atom stereocenters. The Balaban J connectivity index is 0. The van der Waals surface area contributed by atoms with Gasteiger partial charge in [-0.15, -0.1) is 0 Å². The zero-order valence-electron chi connectivity index (χ0n) is 7.42. The van der Waals surface area contributed by atoms with E-state index in [1.807, 2.05) is 0 Å². The number of aldehydes is 1. The molecule has 0 heterocycles. The molecule has 0 aliphatic carbocycles. The first-order chi connectivity index (χ1) is 5.40. The molecule has 0 saturated heterocycles. The lowest BCUT2D eigenvalue weighted by atomic mass is 10.2. The number of carbonyl (C=O) groups is 4. The lowest BCUT2D eigenvalue weighted by molar-refractivity contribution is -0.128. The Morgan fingerprint density at radius 2 is 1.25 bits per heavy atom. The first kappa shape index (κ1) is 13.3. The van der Waals surface area contributed by atoms with E-state index in [9.17, 15) is 14.4 Å². The van der Waals surface area contributed by atoms with Gasteiger partial charge in [0.2, 0.25) is 0 Å². The van der Waals surface area contributed by atoms with Gasteiger partial charge in [0.15, 0.2) is 12.1 Å². The number of ketones is 3. The van der Waals surface area contributed by atoms with Crippen molar-refractivity contribution < 1.29 is 19.2 Å². The SMILES string of the molecule is CC(=O)C=O.CC(=O)CC(C)=O. The van der Waals surface area contributed by atoms with Crippen molar-refractivity contribution in [2.45, 2.75) is 27.2 Å². The molecule has 0 saturated carbocycles. The Bertz CT molecular complexity index is 181. The normalized spacial score (nSPS) is 7.58. The van der Waals surface area contributed by atoms with Crippen LogP contribution < -0.4 is 0 Å². The minimum atomic E-state index is -0.426. The Morgan fingerprint density at radius 3 is 1.25 bits per heavy atom. The first-order valence-electron chi connectivity index (χ1n) is 3.34. The van der Waals surface area contributed by atoms with Gasteiger partial charge in [-0.2, -0.15) is 0 Å². The molecule has 4 nitrogen and oxygen atoms in total. The summed E-state index contributed by atoms with van der Waals surface area (Å²) >= 11 is 0. The summed E-state index contributed by atoms with van der Waals surface area (Å²) in [6.45, 7) is 4.02. The predicted octanol–water partition coefficient (Wildman–Crippen LogP) is 0.329. The summed E-state index contributed by atoms with van der Waals surface area (Å²) in [7, 11) is 0. The first-order valence-corrected chi connectivity index (χ1v) is 3.34. The van der Waals surface area contributed by atoms with Gasteiger partial charge in [-0.1, -0.05) is 0 Å². The lowest BCUT2D eigenvalue weighted by Crippen LogP contribution is -1.97. The molecule has 0 aliphatic rings. The highest BCUT2D eigenvalue weighted by atomic mass is 16.2. The van der Waals surface area contributed by atoms with Gasteiger partial charge in [0.05, 0.1) is 6.42 Å². The fourth-order valence-electron chi connectivity index (χ4n) is 0.351. The van der Waals surface area contributed by atoms with E-state index in [-0.39, 0.29) is 24.3 Å². The summed E-state index contributed by atoms with van der Waals surface area (Å²) in [6, 6.07) is 0. The molecule has 0 amide bonds. The smallest absolute Gasteiger partial charge is 0.192 e. The summed E-state index contributed by atoms with van der Waals surface area (Å²) < 4.78 is 0. The third-order valence-electron chi connectivity index (χ3n) is 0.664. The molecule has 0 aromatic rings. The van der Waals surface area contributed by atoms with Gasteiger partial charge in [-0.05, 0) is 13.8 Å². The Hall–Kier alpha value is -1.32. The van der Waals surface area contributed by atoms with E-state index in [2.05, 4.69) is 0 Å². The molecule has 0 radical (unpaired) electrons. The molecule has 12 heavy (non-hydrogen) atoms. The van der Waals surface area contributed by atoms with E-state index >= 15 is 0 Å². The minimum Gasteiger partial charge on any atom is -0.300 e. The third kappa shape index (κ3) is 23.4. The minimum absolute atomic E-state index is 0.0625. The quantitative estimate of drug-likeness (QED) is 0.349. The second kappa shape index (κ2) is 7.78. The fourth-order valence-corrected chi connectivity index (χ4v) is 0.351. The van der Waals surface area contributed by atoms with Crippen LogP contribution in [0.3, 0.4) is 0 Å². The second-order valence-corrected chi connectivity index (χ2v) is 2.31. The van der Waals surface area contributed by atoms with Gasteiger partial charge < -0.3 is 0 Å². The van der Waals surface area contributed by atoms with Crippen LogP contribution in [0, 0.1) is 0 Å². The molecule has 68 valence electrons. The summed E-state index contributed by atoms with van der Waals surface area (Å²) in [5.41, 5.74) is 0. The van der Waals surface area contributed by atoms with Gasteiger partial charge >= 0.3 is 0 Å². The molecule has 0 rings (SSSR count). The van der Waals surface area contributed by atoms with E-state index in [4.69, 9.17) is 4.79 Å². The predicted molar refractivity (Wildman–Crippen MR) is 42.7 cm³/mol. The van der Waals surface area contributed by atoms with Gasteiger partial charge in [0.25, 0.3) is 0 Å². The summed E-state index contributed by atoms with van der Waals surface area (Å²) in [5, 5.41) is 0. The van der Waals surface area contributed by atoms with Crippen molar-refractivity contribution in [2.75, 3.05) is 0 Å². The molecule has 0 N–H and O–H groups in total. The molecule has 4 heteroatoms. The van der Waals surface area contributed by atoms with Crippen molar-refractivity contribution in [3.05, 3.63) is 0 Å². The zero-order chi connectivity index (χ0) is 10.1. The molecule has 0 aliphatic heterocycles. The van der Waals surface area contributed by atoms with Crippen LogP contribution in [0.5, 0.6) is 0 Å². The van der Waals surface area contributed by atoms with Crippen LogP contribution in [0.15, 0.2) is 0 Å². The molecule has 0 unspecified atom stereocenters. The fraction of sp³-hybridized carbons (Fsp3) is 0.500. The Morgan fingerprint density at radius 1 is 1.00 bits per heavy atom. The highest BCUT2D eigenvalue weighted by Gasteiger charge is 1.94. The van der Waals surface area contributed by atoms with Gasteiger partial charge in [0, 0.05) is 6.92 Å². The molecular weight excluding hydrogens is 160 g/mol. The van der Waals surface area contributed by atoms with E-state index in [1.165, 1.54) is 20.8 Å². The number of rotatable bonds is 3. The summed E-state index contributed by atoms with van der Waals surface area (Å²) in [5.74, 6) is -0.551. The largest absolute Gasteiger partial charge is 0.300 e. The third-order valence-corrected chi connectivity index (χ3v) is 0.664. The number of Topliss-reactive ketones (excluding diaryl/α,β-unsaturated/α-hetero) is 3. The average molecular weight is 172 g/mol. The maximum absolute atomic E-state index is 10.0. The van der Waals surface area contributed by atoms with Crippen molar-refractivity contribution in [1.82, 2.24) is 0 Å².